The second-order valence-electron chi connectivity index (χ2n) is 9.27. The number of amides is 1. The van der Waals surface area contributed by atoms with Crippen LogP contribution in [0.5, 0.6) is 0 Å². The van der Waals surface area contributed by atoms with Crippen LogP contribution < -0.4 is 0 Å². The van der Waals surface area contributed by atoms with Gasteiger partial charge in [0.05, 0.1) is 11.4 Å². The minimum absolute atomic E-state index is 0.0164. The molecule has 3 rings (SSSR count). The summed E-state index contributed by atoms with van der Waals surface area (Å²) >= 11 is 0. The molecule has 7 nitrogen and oxygen atoms in total. The number of piperazine rings is 2. The standard InChI is InChI=1S/C22H36N4O3S/c1-5-23-10-12-24(13-11-23)18-21(27)25-14-16-26(17-15-25)30(28,29)20-8-6-19(7-9-20)22(2,3)4/h6-9H,5,10-18H2,1-4H3. The van der Waals surface area contributed by atoms with Gasteiger partial charge in [0.15, 0.2) is 0 Å². The Kier molecular flexibility index (Phi) is 7.22. The van der Waals surface area contributed by atoms with Gasteiger partial charge < -0.3 is 9.80 Å². The van der Waals surface area contributed by atoms with Gasteiger partial charge >= 0.3 is 0 Å². The molecule has 0 aliphatic carbocycles. The smallest absolute Gasteiger partial charge is 0.243 e. The van der Waals surface area contributed by atoms with E-state index in [0.29, 0.717) is 37.6 Å². The highest BCUT2D eigenvalue weighted by Crippen LogP contribution is 2.25. The van der Waals surface area contributed by atoms with E-state index in [9.17, 15) is 13.2 Å². The van der Waals surface area contributed by atoms with Crippen LogP contribution in [0, 0.1) is 0 Å². The van der Waals surface area contributed by atoms with Crippen molar-refractivity contribution in [3.63, 3.8) is 0 Å². The third-order valence-electron chi connectivity index (χ3n) is 6.22. The molecule has 2 heterocycles. The molecule has 2 aliphatic rings. The summed E-state index contributed by atoms with van der Waals surface area (Å²) in [7, 11) is -3.53. The molecule has 0 N–H and O–H groups in total. The second kappa shape index (κ2) is 9.34. The van der Waals surface area contributed by atoms with Crippen molar-refractivity contribution >= 4 is 15.9 Å². The van der Waals surface area contributed by atoms with E-state index in [1.807, 2.05) is 12.1 Å². The zero-order valence-electron chi connectivity index (χ0n) is 18.8. The summed E-state index contributed by atoms with van der Waals surface area (Å²) in [6.45, 7) is 15.4. The molecule has 2 aliphatic heterocycles. The van der Waals surface area contributed by atoms with E-state index in [-0.39, 0.29) is 11.3 Å². The van der Waals surface area contributed by atoms with E-state index in [4.69, 9.17) is 0 Å². The van der Waals surface area contributed by atoms with E-state index < -0.39 is 10.0 Å². The lowest BCUT2D eigenvalue weighted by molar-refractivity contribution is -0.134. The van der Waals surface area contributed by atoms with Gasteiger partial charge in [-0.05, 0) is 29.7 Å². The quantitative estimate of drug-likeness (QED) is 0.699. The Morgan fingerprint density at radius 2 is 1.40 bits per heavy atom. The monoisotopic (exact) mass is 436 g/mol. The molecule has 168 valence electrons. The molecule has 0 saturated carbocycles. The summed E-state index contributed by atoms with van der Waals surface area (Å²) in [4.78, 5) is 19.4. The molecule has 2 fully saturated rings. The van der Waals surface area contributed by atoms with Crippen LogP contribution in [0.25, 0.3) is 0 Å². The summed E-state index contributed by atoms with van der Waals surface area (Å²) < 4.78 is 27.5. The minimum atomic E-state index is -3.53. The average Bonchev–Trinajstić information content (AvgIpc) is 2.74. The Morgan fingerprint density at radius 3 is 1.90 bits per heavy atom. The lowest BCUT2D eigenvalue weighted by Gasteiger charge is -2.37. The van der Waals surface area contributed by atoms with Crippen molar-refractivity contribution in [1.82, 2.24) is 19.0 Å². The predicted molar refractivity (Wildman–Crippen MR) is 119 cm³/mol. The van der Waals surface area contributed by atoms with Crippen LogP contribution in [0.3, 0.4) is 0 Å². The van der Waals surface area contributed by atoms with E-state index >= 15 is 0 Å². The van der Waals surface area contributed by atoms with Gasteiger partial charge in [-0.2, -0.15) is 4.31 Å². The summed E-state index contributed by atoms with van der Waals surface area (Å²) in [6, 6.07) is 7.18. The summed E-state index contributed by atoms with van der Waals surface area (Å²) in [5.41, 5.74) is 1.09. The zero-order valence-corrected chi connectivity index (χ0v) is 19.6. The first kappa shape index (κ1) is 23.2. The van der Waals surface area contributed by atoms with Crippen molar-refractivity contribution in [3.05, 3.63) is 29.8 Å². The first-order valence-corrected chi connectivity index (χ1v) is 12.4. The first-order chi connectivity index (χ1) is 14.1. The lowest BCUT2D eigenvalue weighted by Crippen LogP contribution is -2.54. The largest absolute Gasteiger partial charge is 0.339 e. The molecule has 0 unspecified atom stereocenters. The molecule has 1 aromatic rings. The van der Waals surface area contributed by atoms with E-state index in [2.05, 4.69) is 37.5 Å². The fraction of sp³-hybridized carbons (Fsp3) is 0.682. The number of carbonyl (C=O) groups excluding carboxylic acids is 1. The Morgan fingerprint density at radius 1 is 0.867 bits per heavy atom. The third-order valence-corrected chi connectivity index (χ3v) is 8.13. The SMILES string of the molecule is CCN1CCN(CC(=O)N2CCN(S(=O)(=O)c3ccc(C(C)(C)C)cc3)CC2)CC1. The molecular weight excluding hydrogens is 400 g/mol. The van der Waals surface area contributed by atoms with Gasteiger partial charge in [-0.25, -0.2) is 8.42 Å². The first-order valence-electron chi connectivity index (χ1n) is 10.9. The van der Waals surface area contributed by atoms with Crippen molar-refractivity contribution < 1.29 is 13.2 Å². The van der Waals surface area contributed by atoms with Gasteiger partial charge in [0.25, 0.3) is 0 Å². The summed E-state index contributed by atoms with van der Waals surface area (Å²) in [5.74, 6) is 0.103. The summed E-state index contributed by atoms with van der Waals surface area (Å²) in [5, 5.41) is 0. The maximum absolute atomic E-state index is 13.0. The summed E-state index contributed by atoms with van der Waals surface area (Å²) in [6.07, 6.45) is 0. The molecule has 2 saturated heterocycles. The van der Waals surface area contributed by atoms with Crippen molar-refractivity contribution in [3.8, 4) is 0 Å². The highest BCUT2D eigenvalue weighted by atomic mass is 32.2. The molecule has 0 bridgehead atoms. The molecule has 30 heavy (non-hydrogen) atoms. The fourth-order valence-electron chi connectivity index (χ4n) is 4.01. The fourth-order valence-corrected chi connectivity index (χ4v) is 5.43. The number of hydrogen-bond acceptors (Lipinski definition) is 5. The Balaban J connectivity index is 1.53. The molecular formula is C22H36N4O3S. The van der Waals surface area contributed by atoms with Crippen LogP contribution in [-0.4, -0.2) is 98.8 Å². The van der Waals surface area contributed by atoms with Gasteiger partial charge in [-0.15, -0.1) is 0 Å². The number of likely N-dealkylation sites (N-methyl/N-ethyl adjacent to an activating group) is 1. The normalized spacial score (nSPS) is 20.5. The second-order valence-corrected chi connectivity index (χ2v) is 11.2. The molecule has 8 heteroatoms. The van der Waals surface area contributed by atoms with Crippen molar-refractivity contribution in [1.29, 1.82) is 0 Å². The number of carbonyl (C=O) groups is 1. The van der Waals surface area contributed by atoms with E-state index in [1.165, 1.54) is 4.31 Å². The number of sulfonamides is 1. The van der Waals surface area contributed by atoms with Crippen LogP contribution in [-0.2, 0) is 20.2 Å². The number of rotatable bonds is 5. The molecule has 1 aromatic carbocycles. The Hall–Kier alpha value is -1.48. The molecule has 1 amide bonds. The number of hydrogen-bond donors (Lipinski definition) is 0. The predicted octanol–water partition coefficient (Wildman–Crippen LogP) is 1.45. The minimum Gasteiger partial charge on any atom is -0.339 e. The zero-order chi connectivity index (χ0) is 21.9. The van der Waals surface area contributed by atoms with Gasteiger partial charge in [0.1, 0.15) is 0 Å². The third kappa shape index (κ3) is 5.41. The Labute approximate surface area is 181 Å². The maximum atomic E-state index is 13.0. The highest BCUT2D eigenvalue weighted by molar-refractivity contribution is 7.89. The molecule has 0 radical (unpaired) electrons. The van der Waals surface area contributed by atoms with Gasteiger partial charge in [-0.3, -0.25) is 9.69 Å². The molecule has 0 aromatic heterocycles. The van der Waals surface area contributed by atoms with Crippen LogP contribution in [0.1, 0.15) is 33.3 Å². The van der Waals surface area contributed by atoms with E-state index in [0.717, 1.165) is 38.3 Å². The van der Waals surface area contributed by atoms with Crippen molar-refractivity contribution in [2.45, 2.75) is 38.0 Å². The highest BCUT2D eigenvalue weighted by Gasteiger charge is 2.31. The Bertz CT molecular complexity index is 817. The van der Waals surface area contributed by atoms with Crippen molar-refractivity contribution in [2.75, 3.05) is 65.4 Å². The molecule has 0 spiro atoms. The van der Waals surface area contributed by atoms with Gasteiger partial charge in [-0.1, -0.05) is 39.8 Å². The topological polar surface area (TPSA) is 64.2 Å². The number of nitrogens with zero attached hydrogens (tertiary/aromatic N) is 4. The maximum Gasteiger partial charge on any atom is 0.243 e. The van der Waals surface area contributed by atoms with Crippen molar-refractivity contribution in [2.24, 2.45) is 0 Å². The van der Waals surface area contributed by atoms with Gasteiger partial charge in [0.2, 0.25) is 15.9 Å². The average molecular weight is 437 g/mol. The van der Waals surface area contributed by atoms with Crippen LogP contribution >= 0.6 is 0 Å². The van der Waals surface area contributed by atoms with Crippen LogP contribution in [0.15, 0.2) is 29.2 Å². The molecule has 0 atom stereocenters. The van der Waals surface area contributed by atoms with Crippen LogP contribution in [0.4, 0.5) is 0 Å². The van der Waals surface area contributed by atoms with E-state index in [1.54, 1.807) is 17.0 Å². The lowest BCUT2D eigenvalue weighted by atomic mass is 9.87. The van der Waals surface area contributed by atoms with Crippen LogP contribution in [0.2, 0.25) is 0 Å². The van der Waals surface area contributed by atoms with Gasteiger partial charge in [0, 0.05) is 52.4 Å². The number of benzene rings is 1.